The van der Waals surface area contributed by atoms with E-state index in [1.807, 2.05) is 54.7 Å². The second-order valence-electron chi connectivity index (χ2n) is 11.8. The van der Waals surface area contributed by atoms with Crippen LogP contribution in [0.4, 0.5) is 0 Å². The van der Waals surface area contributed by atoms with Crippen LogP contribution < -0.4 is 0 Å². The van der Waals surface area contributed by atoms with E-state index in [2.05, 4.69) is 89.9 Å². The summed E-state index contributed by atoms with van der Waals surface area (Å²) in [7, 11) is 0. The van der Waals surface area contributed by atoms with Crippen LogP contribution in [0.2, 0.25) is 0 Å². The predicted octanol–water partition coefficient (Wildman–Crippen LogP) is 10.8. The van der Waals surface area contributed by atoms with Gasteiger partial charge >= 0.3 is 0 Å². The lowest BCUT2D eigenvalue weighted by Gasteiger charge is -2.13. The third-order valence-electron chi connectivity index (χ3n) is 9.19. The van der Waals surface area contributed by atoms with Crippen molar-refractivity contribution in [3.8, 4) is 34.2 Å². The molecule has 0 aliphatic carbocycles. The molecule has 10 aromatic rings. The van der Waals surface area contributed by atoms with E-state index in [9.17, 15) is 0 Å². The first-order chi connectivity index (χ1) is 23.3. The molecule has 0 N–H and O–H groups in total. The number of hydrogen-bond donors (Lipinski definition) is 0. The molecule has 7 aromatic carbocycles. The number of benzene rings is 7. The van der Waals surface area contributed by atoms with Crippen molar-refractivity contribution >= 4 is 65.0 Å². The second-order valence-corrected chi connectivity index (χ2v) is 11.8. The van der Waals surface area contributed by atoms with E-state index in [0.717, 1.165) is 49.4 Å². The molecule has 3 heterocycles. The van der Waals surface area contributed by atoms with Crippen molar-refractivity contribution in [1.82, 2.24) is 19.9 Å². The molecule has 0 fully saturated rings. The van der Waals surface area contributed by atoms with Crippen LogP contribution in [0.3, 0.4) is 0 Å². The molecular formula is C42H24N4O. The highest BCUT2D eigenvalue weighted by atomic mass is 16.3. The molecule has 0 atom stereocenters. The number of aromatic nitrogens is 4. The smallest absolute Gasteiger partial charge is 0.164 e. The monoisotopic (exact) mass is 600 g/mol. The molecule has 0 saturated heterocycles. The lowest BCUT2D eigenvalue weighted by atomic mass is 9.93. The van der Waals surface area contributed by atoms with Crippen LogP contribution in [0.5, 0.6) is 0 Å². The molecule has 10 rings (SSSR count). The van der Waals surface area contributed by atoms with Gasteiger partial charge in [0.2, 0.25) is 0 Å². The van der Waals surface area contributed by atoms with Gasteiger partial charge in [0, 0.05) is 45.2 Å². The Bertz CT molecular complexity index is 2820. The Morgan fingerprint density at radius 2 is 0.957 bits per heavy atom. The Kier molecular flexibility index (Phi) is 5.51. The average Bonchev–Trinajstić information content (AvgIpc) is 3.53. The summed E-state index contributed by atoms with van der Waals surface area (Å²) in [6, 6.07) is 46.2. The standard InChI is InChI=1S/C42H24N4O/c1-2-10-25(11-3-1)40-44-41(26-18-19-32-29-14-5-4-12-27(29)28-13-6-7-15-30(28)34(32)22-26)46-42(45-40)36-23-35-37-24-43-21-20-38(37)47-39(35)33-17-9-8-16-31(33)36/h1-24H. The van der Waals surface area contributed by atoms with Crippen molar-refractivity contribution in [2.24, 2.45) is 0 Å². The molecule has 0 saturated carbocycles. The molecule has 47 heavy (non-hydrogen) atoms. The molecular weight excluding hydrogens is 576 g/mol. The van der Waals surface area contributed by atoms with Crippen LogP contribution >= 0.6 is 0 Å². The van der Waals surface area contributed by atoms with Gasteiger partial charge in [0.05, 0.1) is 0 Å². The zero-order chi connectivity index (χ0) is 30.9. The Hall–Kier alpha value is -6.46. The molecule has 3 aromatic heterocycles. The second kappa shape index (κ2) is 10.0. The zero-order valence-electron chi connectivity index (χ0n) is 25.1. The minimum absolute atomic E-state index is 0.605. The summed E-state index contributed by atoms with van der Waals surface area (Å²) in [5.41, 5.74) is 4.41. The molecule has 0 aliphatic heterocycles. The maximum absolute atomic E-state index is 6.36. The fourth-order valence-corrected chi connectivity index (χ4v) is 7.02. The lowest BCUT2D eigenvalue weighted by molar-refractivity contribution is 0.672. The maximum atomic E-state index is 6.36. The maximum Gasteiger partial charge on any atom is 0.164 e. The number of fused-ring (bicyclic) bond motifs is 11. The Morgan fingerprint density at radius 3 is 1.68 bits per heavy atom. The van der Waals surface area contributed by atoms with E-state index in [4.69, 9.17) is 19.4 Å². The fraction of sp³-hybridized carbons (Fsp3) is 0. The molecule has 0 unspecified atom stereocenters. The Labute approximate surface area is 268 Å². The van der Waals surface area contributed by atoms with Crippen molar-refractivity contribution in [2.75, 3.05) is 0 Å². The number of rotatable bonds is 3. The van der Waals surface area contributed by atoms with E-state index in [0.29, 0.717) is 17.5 Å². The van der Waals surface area contributed by atoms with Gasteiger partial charge in [-0.15, -0.1) is 0 Å². The van der Waals surface area contributed by atoms with E-state index < -0.39 is 0 Å². The van der Waals surface area contributed by atoms with Gasteiger partial charge in [0.25, 0.3) is 0 Å². The Balaban J connectivity index is 1.27. The molecule has 0 radical (unpaired) electrons. The van der Waals surface area contributed by atoms with Gasteiger partial charge in [-0.05, 0) is 55.9 Å². The van der Waals surface area contributed by atoms with E-state index in [1.54, 1.807) is 6.20 Å². The van der Waals surface area contributed by atoms with Crippen LogP contribution in [0.15, 0.2) is 150 Å². The molecule has 0 amide bonds. The van der Waals surface area contributed by atoms with Gasteiger partial charge in [-0.3, -0.25) is 4.98 Å². The van der Waals surface area contributed by atoms with Crippen LogP contribution in [0.1, 0.15) is 0 Å². The van der Waals surface area contributed by atoms with Crippen LogP contribution in [-0.4, -0.2) is 19.9 Å². The first-order valence-electron chi connectivity index (χ1n) is 15.6. The van der Waals surface area contributed by atoms with Crippen molar-refractivity contribution in [2.45, 2.75) is 0 Å². The minimum Gasteiger partial charge on any atom is -0.455 e. The third kappa shape index (κ3) is 3.97. The minimum atomic E-state index is 0.605. The number of furan rings is 1. The molecule has 0 bridgehead atoms. The van der Waals surface area contributed by atoms with E-state index in [-0.39, 0.29) is 0 Å². The summed E-state index contributed by atoms with van der Waals surface area (Å²) in [4.78, 5) is 19.8. The van der Waals surface area contributed by atoms with E-state index in [1.165, 1.54) is 32.3 Å². The van der Waals surface area contributed by atoms with E-state index >= 15 is 0 Å². The fourth-order valence-electron chi connectivity index (χ4n) is 7.02. The highest BCUT2D eigenvalue weighted by Gasteiger charge is 2.19. The first-order valence-corrected chi connectivity index (χ1v) is 15.6. The van der Waals surface area contributed by atoms with Gasteiger partial charge in [0.15, 0.2) is 17.5 Å². The zero-order valence-corrected chi connectivity index (χ0v) is 25.1. The topological polar surface area (TPSA) is 64.7 Å². The summed E-state index contributed by atoms with van der Waals surface area (Å²) >= 11 is 0. The van der Waals surface area contributed by atoms with Gasteiger partial charge in [-0.25, -0.2) is 15.0 Å². The molecule has 0 aliphatic rings. The van der Waals surface area contributed by atoms with Gasteiger partial charge < -0.3 is 4.42 Å². The summed E-state index contributed by atoms with van der Waals surface area (Å²) in [5, 5.41) is 11.3. The summed E-state index contributed by atoms with van der Waals surface area (Å²) in [6.07, 6.45) is 3.62. The summed E-state index contributed by atoms with van der Waals surface area (Å²) in [6.45, 7) is 0. The molecule has 5 nitrogen and oxygen atoms in total. The predicted molar refractivity (Wildman–Crippen MR) is 191 cm³/mol. The highest BCUT2D eigenvalue weighted by molar-refractivity contribution is 6.25. The van der Waals surface area contributed by atoms with Crippen molar-refractivity contribution in [3.63, 3.8) is 0 Å². The van der Waals surface area contributed by atoms with Gasteiger partial charge in [0.1, 0.15) is 11.2 Å². The first kappa shape index (κ1) is 25.8. The third-order valence-corrected chi connectivity index (χ3v) is 9.19. The molecule has 5 heteroatoms. The van der Waals surface area contributed by atoms with Crippen molar-refractivity contribution in [1.29, 1.82) is 0 Å². The molecule has 0 spiro atoms. The summed E-state index contributed by atoms with van der Waals surface area (Å²) in [5.74, 6) is 1.85. The van der Waals surface area contributed by atoms with Crippen molar-refractivity contribution in [3.05, 3.63) is 146 Å². The van der Waals surface area contributed by atoms with Gasteiger partial charge in [-0.1, -0.05) is 115 Å². The van der Waals surface area contributed by atoms with Crippen molar-refractivity contribution < 1.29 is 4.42 Å². The average molecular weight is 601 g/mol. The quantitative estimate of drug-likeness (QED) is 0.189. The van der Waals surface area contributed by atoms with Crippen LogP contribution in [0, 0.1) is 0 Å². The normalized spacial score (nSPS) is 11.8. The Morgan fingerprint density at radius 1 is 0.383 bits per heavy atom. The molecule has 218 valence electrons. The van der Waals surface area contributed by atoms with Crippen LogP contribution in [0.25, 0.3) is 99.2 Å². The van der Waals surface area contributed by atoms with Gasteiger partial charge in [-0.2, -0.15) is 0 Å². The lowest BCUT2D eigenvalue weighted by Crippen LogP contribution is -2.00. The van der Waals surface area contributed by atoms with Crippen LogP contribution in [-0.2, 0) is 0 Å². The highest BCUT2D eigenvalue weighted by Crippen LogP contribution is 2.40. The summed E-state index contributed by atoms with van der Waals surface area (Å²) < 4.78 is 6.36. The largest absolute Gasteiger partial charge is 0.455 e. The SMILES string of the molecule is c1ccc(-c2nc(-c3ccc4c5ccccc5c5ccccc5c4c3)nc(-c3cc4c5cnccc5oc4c4ccccc34)n2)cc1. The number of pyridine rings is 1. The number of hydrogen-bond acceptors (Lipinski definition) is 5. The number of nitrogens with zero attached hydrogens (tertiary/aromatic N) is 4.